The minimum Gasteiger partial charge on any atom is -0.493 e. The van der Waals surface area contributed by atoms with Crippen molar-refractivity contribution in [3.8, 4) is 11.5 Å². The van der Waals surface area contributed by atoms with Crippen molar-refractivity contribution in [1.29, 1.82) is 0 Å². The molecule has 2 aromatic rings. The number of ether oxygens (including phenoxy) is 2. The SMILES string of the molecule is COc1cc(C(=O)N(C)Cc2ccccc2)ccc1OC(C)C. The zero-order valence-corrected chi connectivity index (χ0v) is 14.1. The van der Waals surface area contributed by atoms with Crippen LogP contribution in [0.3, 0.4) is 0 Å². The molecule has 4 heteroatoms. The topological polar surface area (TPSA) is 38.8 Å². The van der Waals surface area contributed by atoms with Gasteiger partial charge < -0.3 is 14.4 Å². The van der Waals surface area contributed by atoms with Crippen molar-refractivity contribution >= 4 is 5.91 Å². The predicted octanol–water partition coefficient (Wildman–Crippen LogP) is 3.75. The van der Waals surface area contributed by atoms with Crippen molar-refractivity contribution in [1.82, 2.24) is 4.90 Å². The summed E-state index contributed by atoms with van der Waals surface area (Å²) in [5.74, 6) is 1.16. The maximum absolute atomic E-state index is 12.6. The maximum atomic E-state index is 12.6. The molecule has 4 nitrogen and oxygen atoms in total. The van der Waals surface area contributed by atoms with Crippen LogP contribution in [0.2, 0.25) is 0 Å². The largest absolute Gasteiger partial charge is 0.493 e. The van der Waals surface area contributed by atoms with E-state index in [4.69, 9.17) is 9.47 Å². The number of hydrogen-bond acceptors (Lipinski definition) is 3. The quantitative estimate of drug-likeness (QED) is 0.815. The molecule has 2 aromatic carbocycles. The second kappa shape index (κ2) is 7.68. The van der Waals surface area contributed by atoms with Crippen LogP contribution in [0.25, 0.3) is 0 Å². The molecule has 0 saturated heterocycles. The smallest absolute Gasteiger partial charge is 0.254 e. The Morgan fingerprint density at radius 3 is 2.39 bits per heavy atom. The first-order valence-electron chi connectivity index (χ1n) is 7.65. The molecule has 0 spiro atoms. The van der Waals surface area contributed by atoms with Crippen molar-refractivity contribution in [2.75, 3.05) is 14.2 Å². The standard InChI is InChI=1S/C19H23NO3/c1-14(2)23-17-11-10-16(12-18(17)22-4)19(21)20(3)13-15-8-6-5-7-9-15/h5-12,14H,13H2,1-4H3. The van der Waals surface area contributed by atoms with Crippen LogP contribution in [0, 0.1) is 0 Å². The van der Waals surface area contributed by atoms with E-state index in [0.29, 0.717) is 23.6 Å². The van der Waals surface area contributed by atoms with Crippen molar-refractivity contribution in [2.45, 2.75) is 26.5 Å². The number of methoxy groups -OCH3 is 1. The molecule has 0 N–H and O–H groups in total. The van der Waals surface area contributed by atoms with E-state index in [1.54, 1.807) is 37.3 Å². The van der Waals surface area contributed by atoms with Gasteiger partial charge in [0.1, 0.15) is 0 Å². The Hall–Kier alpha value is -2.49. The summed E-state index contributed by atoms with van der Waals surface area (Å²) in [6, 6.07) is 15.2. The molecule has 0 heterocycles. The van der Waals surface area contributed by atoms with Gasteiger partial charge in [-0.15, -0.1) is 0 Å². The van der Waals surface area contributed by atoms with E-state index in [2.05, 4.69) is 0 Å². The van der Waals surface area contributed by atoms with Gasteiger partial charge in [-0.05, 0) is 37.6 Å². The third-order valence-electron chi connectivity index (χ3n) is 3.38. The van der Waals surface area contributed by atoms with Gasteiger partial charge in [-0.25, -0.2) is 0 Å². The number of nitrogens with zero attached hydrogens (tertiary/aromatic N) is 1. The lowest BCUT2D eigenvalue weighted by molar-refractivity contribution is 0.0784. The number of carbonyl (C=O) groups excluding carboxylic acids is 1. The molecule has 23 heavy (non-hydrogen) atoms. The molecule has 0 bridgehead atoms. The third kappa shape index (κ3) is 4.49. The first-order valence-corrected chi connectivity index (χ1v) is 7.65. The Labute approximate surface area is 137 Å². The highest BCUT2D eigenvalue weighted by molar-refractivity contribution is 5.94. The third-order valence-corrected chi connectivity index (χ3v) is 3.38. The number of carbonyl (C=O) groups is 1. The van der Waals surface area contributed by atoms with Crippen LogP contribution in [0.1, 0.15) is 29.8 Å². The fourth-order valence-electron chi connectivity index (χ4n) is 2.30. The van der Waals surface area contributed by atoms with Crippen LogP contribution < -0.4 is 9.47 Å². The molecular formula is C19H23NO3. The average molecular weight is 313 g/mol. The summed E-state index contributed by atoms with van der Waals surface area (Å²) in [6.07, 6.45) is 0.0474. The molecule has 0 atom stereocenters. The van der Waals surface area contributed by atoms with Gasteiger partial charge in [0, 0.05) is 19.2 Å². The summed E-state index contributed by atoms with van der Waals surface area (Å²) in [6.45, 7) is 4.46. The summed E-state index contributed by atoms with van der Waals surface area (Å²) in [7, 11) is 3.37. The minimum absolute atomic E-state index is 0.0474. The van der Waals surface area contributed by atoms with E-state index in [-0.39, 0.29) is 12.0 Å². The van der Waals surface area contributed by atoms with Crippen LogP contribution in [0.15, 0.2) is 48.5 Å². The summed E-state index contributed by atoms with van der Waals surface area (Å²) < 4.78 is 11.0. The zero-order valence-electron chi connectivity index (χ0n) is 14.1. The van der Waals surface area contributed by atoms with E-state index in [0.717, 1.165) is 5.56 Å². The molecule has 1 amide bonds. The number of hydrogen-bond donors (Lipinski definition) is 0. The molecule has 0 aliphatic heterocycles. The van der Waals surface area contributed by atoms with Gasteiger partial charge in [0.05, 0.1) is 13.2 Å². The lowest BCUT2D eigenvalue weighted by atomic mass is 10.1. The molecule has 0 saturated carbocycles. The second-order valence-electron chi connectivity index (χ2n) is 5.68. The summed E-state index contributed by atoms with van der Waals surface area (Å²) in [4.78, 5) is 14.3. The van der Waals surface area contributed by atoms with E-state index < -0.39 is 0 Å². The highest BCUT2D eigenvalue weighted by Crippen LogP contribution is 2.29. The van der Waals surface area contributed by atoms with Gasteiger partial charge in [0.2, 0.25) is 0 Å². The number of amides is 1. The van der Waals surface area contributed by atoms with Gasteiger partial charge in [-0.3, -0.25) is 4.79 Å². The molecule has 0 fully saturated rings. The average Bonchev–Trinajstić information content (AvgIpc) is 2.55. The molecule has 0 aliphatic rings. The van der Waals surface area contributed by atoms with Crippen molar-refractivity contribution in [3.63, 3.8) is 0 Å². The van der Waals surface area contributed by atoms with Gasteiger partial charge in [0.25, 0.3) is 5.91 Å². The molecule has 0 aliphatic carbocycles. The molecule has 2 rings (SSSR count). The Balaban J connectivity index is 2.15. The zero-order chi connectivity index (χ0) is 16.8. The summed E-state index contributed by atoms with van der Waals surface area (Å²) >= 11 is 0. The van der Waals surface area contributed by atoms with Crippen LogP contribution in [0.5, 0.6) is 11.5 Å². The lowest BCUT2D eigenvalue weighted by Crippen LogP contribution is -2.26. The molecular weight excluding hydrogens is 290 g/mol. The molecule has 0 unspecified atom stereocenters. The Morgan fingerprint density at radius 2 is 1.78 bits per heavy atom. The lowest BCUT2D eigenvalue weighted by Gasteiger charge is -2.19. The molecule has 0 aromatic heterocycles. The summed E-state index contributed by atoms with van der Waals surface area (Å²) in [5.41, 5.74) is 1.67. The van der Waals surface area contributed by atoms with Gasteiger partial charge >= 0.3 is 0 Å². The van der Waals surface area contributed by atoms with Crippen LogP contribution in [-0.4, -0.2) is 31.1 Å². The Bertz CT molecular complexity index is 653. The van der Waals surface area contributed by atoms with Gasteiger partial charge in [0.15, 0.2) is 11.5 Å². The van der Waals surface area contributed by atoms with Crippen molar-refractivity contribution < 1.29 is 14.3 Å². The van der Waals surface area contributed by atoms with Gasteiger partial charge in [-0.2, -0.15) is 0 Å². The minimum atomic E-state index is -0.0525. The van der Waals surface area contributed by atoms with Gasteiger partial charge in [-0.1, -0.05) is 30.3 Å². The molecule has 0 radical (unpaired) electrons. The Morgan fingerprint density at radius 1 is 1.09 bits per heavy atom. The fraction of sp³-hybridized carbons (Fsp3) is 0.316. The highest BCUT2D eigenvalue weighted by atomic mass is 16.5. The predicted molar refractivity (Wildman–Crippen MR) is 91.0 cm³/mol. The molecule has 122 valence electrons. The van der Waals surface area contributed by atoms with E-state index in [1.165, 1.54) is 0 Å². The second-order valence-corrected chi connectivity index (χ2v) is 5.68. The maximum Gasteiger partial charge on any atom is 0.254 e. The summed E-state index contributed by atoms with van der Waals surface area (Å²) in [5, 5.41) is 0. The van der Waals surface area contributed by atoms with Crippen molar-refractivity contribution in [2.24, 2.45) is 0 Å². The first-order chi connectivity index (χ1) is 11.0. The number of benzene rings is 2. The Kier molecular flexibility index (Phi) is 5.63. The normalized spacial score (nSPS) is 10.5. The highest BCUT2D eigenvalue weighted by Gasteiger charge is 2.15. The van der Waals surface area contributed by atoms with Crippen LogP contribution in [0.4, 0.5) is 0 Å². The first kappa shape index (κ1) is 16.9. The van der Waals surface area contributed by atoms with Crippen molar-refractivity contribution in [3.05, 3.63) is 59.7 Å². The fourth-order valence-corrected chi connectivity index (χ4v) is 2.30. The number of rotatable bonds is 6. The van der Waals surface area contributed by atoms with E-state index in [9.17, 15) is 4.79 Å². The van der Waals surface area contributed by atoms with Crippen LogP contribution in [-0.2, 0) is 6.54 Å². The van der Waals surface area contributed by atoms with E-state index >= 15 is 0 Å². The monoisotopic (exact) mass is 313 g/mol. The van der Waals surface area contributed by atoms with Crippen LogP contribution >= 0.6 is 0 Å². The van der Waals surface area contributed by atoms with E-state index in [1.807, 2.05) is 44.2 Å².